The monoisotopic (exact) mass is 214 g/mol. The van der Waals surface area contributed by atoms with E-state index in [9.17, 15) is 0 Å². The number of aliphatic hydroxyl groups excluding tert-OH is 1. The van der Waals surface area contributed by atoms with Gasteiger partial charge in [-0.1, -0.05) is 13.8 Å². The summed E-state index contributed by atoms with van der Waals surface area (Å²) in [6.07, 6.45) is 2.47. The molecule has 0 aromatic rings. The Morgan fingerprint density at radius 2 is 2.13 bits per heavy atom. The fraction of sp³-hybridized carbons (Fsp3) is 1.00. The van der Waals surface area contributed by atoms with Crippen molar-refractivity contribution < 1.29 is 5.11 Å². The smallest absolute Gasteiger partial charge is 0.0468 e. The van der Waals surface area contributed by atoms with Crippen molar-refractivity contribution in [2.75, 3.05) is 39.8 Å². The van der Waals surface area contributed by atoms with Gasteiger partial charge in [0.1, 0.15) is 0 Å². The second-order valence-electron chi connectivity index (χ2n) is 4.96. The normalized spacial score (nSPS) is 27.6. The number of hydrogen-bond donors (Lipinski definition) is 1. The Hall–Kier alpha value is -0.120. The molecule has 1 N–H and O–H groups in total. The molecule has 0 radical (unpaired) electrons. The first kappa shape index (κ1) is 12.9. The summed E-state index contributed by atoms with van der Waals surface area (Å²) >= 11 is 0. The summed E-state index contributed by atoms with van der Waals surface area (Å²) in [4.78, 5) is 4.99. The van der Waals surface area contributed by atoms with Crippen molar-refractivity contribution in [1.82, 2.24) is 9.80 Å². The van der Waals surface area contributed by atoms with Crippen LogP contribution in [0.15, 0.2) is 0 Å². The Labute approximate surface area is 94.1 Å². The van der Waals surface area contributed by atoms with E-state index in [2.05, 4.69) is 30.7 Å². The molecule has 15 heavy (non-hydrogen) atoms. The third kappa shape index (κ3) is 4.09. The van der Waals surface area contributed by atoms with Crippen LogP contribution >= 0.6 is 0 Å². The summed E-state index contributed by atoms with van der Waals surface area (Å²) in [7, 11) is 2.21. The zero-order valence-corrected chi connectivity index (χ0v) is 10.4. The maximum Gasteiger partial charge on any atom is 0.0468 e. The second-order valence-corrected chi connectivity index (χ2v) is 4.96. The molecule has 0 bridgehead atoms. The Morgan fingerprint density at radius 1 is 1.40 bits per heavy atom. The van der Waals surface area contributed by atoms with Crippen molar-refractivity contribution in [2.45, 2.75) is 32.7 Å². The molecule has 1 saturated heterocycles. The Balaban J connectivity index is 2.51. The van der Waals surface area contributed by atoms with Gasteiger partial charge in [-0.05, 0) is 38.9 Å². The van der Waals surface area contributed by atoms with Crippen LogP contribution in [0.5, 0.6) is 0 Å². The predicted octanol–water partition coefficient (Wildman–Crippen LogP) is 1.03. The van der Waals surface area contributed by atoms with E-state index in [1.807, 2.05) is 0 Å². The summed E-state index contributed by atoms with van der Waals surface area (Å²) in [6, 6.07) is 0.673. The molecular weight excluding hydrogens is 188 g/mol. The van der Waals surface area contributed by atoms with Gasteiger partial charge < -0.3 is 10.0 Å². The second kappa shape index (κ2) is 6.46. The van der Waals surface area contributed by atoms with Gasteiger partial charge in [-0.25, -0.2) is 0 Å². The fourth-order valence-corrected chi connectivity index (χ4v) is 2.38. The highest BCUT2D eigenvalue weighted by atomic mass is 16.3. The number of hydrogen-bond acceptors (Lipinski definition) is 3. The number of aliphatic hydroxyl groups is 1. The number of rotatable bonds is 4. The van der Waals surface area contributed by atoms with Crippen molar-refractivity contribution >= 4 is 0 Å². The number of likely N-dealkylation sites (N-methyl/N-ethyl adjacent to an activating group) is 1. The van der Waals surface area contributed by atoms with Gasteiger partial charge in [0, 0.05) is 25.7 Å². The van der Waals surface area contributed by atoms with Gasteiger partial charge in [-0.15, -0.1) is 0 Å². The highest BCUT2D eigenvalue weighted by Crippen LogP contribution is 2.13. The molecule has 3 heteroatoms. The topological polar surface area (TPSA) is 26.7 Å². The van der Waals surface area contributed by atoms with E-state index < -0.39 is 0 Å². The van der Waals surface area contributed by atoms with Gasteiger partial charge in [0.05, 0.1) is 0 Å². The molecule has 0 amide bonds. The zero-order valence-electron chi connectivity index (χ0n) is 10.4. The lowest BCUT2D eigenvalue weighted by atomic mass is 10.1. The first-order valence-electron chi connectivity index (χ1n) is 6.20. The van der Waals surface area contributed by atoms with Crippen molar-refractivity contribution in [3.05, 3.63) is 0 Å². The SMILES string of the molecule is CCC1CN(C)CCCN1CC(C)CO. The fourth-order valence-electron chi connectivity index (χ4n) is 2.38. The van der Waals surface area contributed by atoms with Crippen LogP contribution in [0, 0.1) is 5.92 Å². The molecule has 1 heterocycles. The van der Waals surface area contributed by atoms with Crippen LogP contribution in [-0.4, -0.2) is 60.8 Å². The summed E-state index contributed by atoms with van der Waals surface area (Å²) in [6.45, 7) is 9.32. The molecule has 1 rings (SSSR count). The average Bonchev–Trinajstić information content (AvgIpc) is 2.40. The van der Waals surface area contributed by atoms with Crippen LogP contribution in [-0.2, 0) is 0 Å². The summed E-state index contributed by atoms with van der Waals surface area (Å²) in [5, 5.41) is 9.11. The lowest BCUT2D eigenvalue weighted by Gasteiger charge is -2.31. The minimum absolute atomic E-state index is 0.308. The molecule has 0 aromatic heterocycles. The molecule has 1 aliphatic rings. The molecule has 2 unspecified atom stereocenters. The number of nitrogens with zero attached hydrogens (tertiary/aromatic N) is 2. The van der Waals surface area contributed by atoms with Gasteiger partial charge in [-0.3, -0.25) is 4.90 Å². The lowest BCUT2D eigenvalue weighted by molar-refractivity contribution is 0.132. The summed E-state index contributed by atoms with van der Waals surface area (Å²) < 4.78 is 0. The molecule has 3 nitrogen and oxygen atoms in total. The van der Waals surface area contributed by atoms with E-state index in [1.54, 1.807) is 0 Å². The maximum absolute atomic E-state index is 9.11. The van der Waals surface area contributed by atoms with Crippen LogP contribution in [0.1, 0.15) is 26.7 Å². The molecule has 0 saturated carbocycles. The van der Waals surface area contributed by atoms with E-state index in [1.165, 1.54) is 32.5 Å². The van der Waals surface area contributed by atoms with Crippen LogP contribution in [0.3, 0.4) is 0 Å². The lowest BCUT2D eigenvalue weighted by Crippen LogP contribution is -2.42. The first-order chi connectivity index (χ1) is 7.17. The minimum atomic E-state index is 0.308. The van der Waals surface area contributed by atoms with Crippen molar-refractivity contribution in [2.24, 2.45) is 5.92 Å². The third-order valence-electron chi connectivity index (χ3n) is 3.35. The standard InChI is InChI=1S/C12H26N2O/c1-4-12-9-13(3)6-5-7-14(12)8-11(2)10-15/h11-12,15H,4-10H2,1-3H3. The minimum Gasteiger partial charge on any atom is -0.396 e. The van der Waals surface area contributed by atoms with E-state index in [4.69, 9.17) is 5.11 Å². The molecule has 0 aliphatic carbocycles. The van der Waals surface area contributed by atoms with Gasteiger partial charge >= 0.3 is 0 Å². The van der Waals surface area contributed by atoms with Crippen molar-refractivity contribution in [3.63, 3.8) is 0 Å². The Bertz CT molecular complexity index is 175. The average molecular weight is 214 g/mol. The highest BCUT2D eigenvalue weighted by molar-refractivity contribution is 4.78. The molecule has 1 aliphatic heterocycles. The van der Waals surface area contributed by atoms with Gasteiger partial charge in [-0.2, -0.15) is 0 Å². The van der Waals surface area contributed by atoms with E-state index >= 15 is 0 Å². The largest absolute Gasteiger partial charge is 0.396 e. The van der Waals surface area contributed by atoms with E-state index in [0.29, 0.717) is 18.6 Å². The van der Waals surface area contributed by atoms with Gasteiger partial charge in [0.15, 0.2) is 0 Å². The molecule has 0 spiro atoms. The molecule has 1 fully saturated rings. The molecule has 2 atom stereocenters. The van der Waals surface area contributed by atoms with Crippen LogP contribution in [0.4, 0.5) is 0 Å². The van der Waals surface area contributed by atoms with Crippen LogP contribution in [0.2, 0.25) is 0 Å². The maximum atomic E-state index is 9.11. The van der Waals surface area contributed by atoms with Gasteiger partial charge in [0.25, 0.3) is 0 Å². The van der Waals surface area contributed by atoms with Gasteiger partial charge in [0.2, 0.25) is 0 Å². The summed E-state index contributed by atoms with van der Waals surface area (Å²) in [5.74, 6) is 0.405. The molecule has 90 valence electrons. The van der Waals surface area contributed by atoms with Crippen LogP contribution in [0.25, 0.3) is 0 Å². The Morgan fingerprint density at radius 3 is 2.73 bits per heavy atom. The van der Waals surface area contributed by atoms with Crippen LogP contribution < -0.4 is 0 Å². The Kier molecular flexibility index (Phi) is 5.58. The molecule has 0 aromatic carbocycles. The molecular formula is C12H26N2O. The quantitative estimate of drug-likeness (QED) is 0.757. The van der Waals surface area contributed by atoms with E-state index in [0.717, 1.165) is 6.54 Å². The summed E-state index contributed by atoms with van der Waals surface area (Å²) in [5.41, 5.74) is 0. The first-order valence-corrected chi connectivity index (χ1v) is 6.20. The third-order valence-corrected chi connectivity index (χ3v) is 3.35. The highest BCUT2D eigenvalue weighted by Gasteiger charge is 2.22. The van der Waals surface area contributed by atoms with Crippen molar-refractivity contribution in [3.8, 4) is 0 Å². The van der Waals surface area contributed by atoms with Crippen molar-refractivity contribution in [1.29, 1.82) is 0 Å². The van der Waals surface area contributed by atoms with E-state index in [-0.39, 0.29) is 0 Å². The predicted molar refractivity (Wildman–Crippen MR) is 64.0 cm³/mol. The zero-order chi connectivity index (χ0) is 11.3.